The molecule has 2 N–H and O–H groups in total. The maximum Gasteiger partial charge on any atom is 0.0525 e. The van der Waals surface area contributed by atoms with Gasteiger partial charge in [0.25, 0.3) is 0 Å². The fraction of sp³-hybridized carbons (Fsp3) is 0.500. The number of nitrogens with one attached hydrogen (secondary N) is 1. The van der Waals surface area contributed by atoms with Crippen molar-refractivity contribution >= 4 is 27.7 Å². The average Bonchev–Trinajstić information content (AvgIpc) is 3.09. The van der Waals surface area contributed by atoms with Crippen LogP contribution in [0.5, 0.6) is 0 Å². The molecule has 1 aliphatic rings. The second-order valence-corrected chi connectivity index (χ2v) is 6.00. The Hall–Kier alpha value is -0.0300. The van der Waals surface area contributed by atoms with Crippen LogP contribution in [-0.4, -0.2) is 23.5 Å². The summed E-state index contributed by atoms with van der Waals surface area (Å²) in [5, 5.41) is 12.3. The van der Waals surface area contributed by atoms with Crippen LogP contribution in [0.1, 0.15) is 18.4 Å². The van der Waals surface area contributed by atoms with E-state index < -0.39 is 0 Å². The molecule has 1 aromatic rings. The van der Waals surface area contributed by atoms with Crippen molar-refractivity contribution in [2.24, 2.45) is 0 Å². The Kier molecular flexibility index (Phi) is 4.70. The first-order valence-corrected chi connectivity index (χ1v) is 7.33. The Balaban J connectivity index is 1.92. The molecular formula is C12H16BrNOS. The predicted octanol–water partition coefficient (Wildman–Crippen LogP) is 2.79. The number of benzene rings is 1. The Labute approximate surface area is 109 Å². The lowest BCUT2D eigenvalue weighted by Gasteiger charge is -2.07. The maximum atomic E-state index is 8.76. The van der Waals surface area contributed by atoms with E-state index in [-0.39, 0.29) is 6.61 Å². The molecule has 0 saturated heterocycles. The van der Waals surface area contributed by atoms with E-state index >= 15 is 0 Å². The maximum absolute atomic E-state index is 8.76. The highest BCUT2D eigenvalue weighted by atomic mass is 79.9. The van der Waals surface area contributed by atoms with Crippen LogP contribution in [0.15, 0.2) is 27.6 Å². The lowest BCUT2D eigenvalue weighted by atomic mass is 10.2. The SMILES string of the molecule is OCCSc1ccc(CNC2CC2)c(Br)c1. The molecule has 4 heteroatoms. The van der Waals surface area contributed by atoms with Crippen molar-refractivity contribution in [3.63, 3.8) is 0 Å². The topological polar surface area (TPSA) is 32.3 Å². The monoisotopic (exact) mass is 301 g/mol. The summed E-state index contributed by atoms with van der Waals surface area (Å²) in [5.74, 6) is 0.756. The quantitative estimate of drug-likeness (QED) is 0.793. The predicted molar refractivity (Wildman–Crippen MR) is 71.8 cm³/mol. The van der Waals surface area contributed by atoms with Gasteiger partial charge in [-0.2, -0.15) is 0 Å². The second kappa shape index (κ2) is 6.05. The summed E-state index contributed by atoms with van der Waals surface area (Å²) in [4.78, 5) is 1.20. The zero-order valence-electron chi connectivity index (χ0n) is 9.08. The molecule has 16 heavy (non-hydrogen) atoms. The third-order valence-electron chi connectivity index (χ3n) is 2.54. The molecule has 0 radical (unpaired) electrons. The summed E-state index contributed by atoms with van der Waals surface area (Å²) in [6.45, 7) is 1.17. The van der Waals surface area contributed by atoms with Gasteiger partial charge in [0, 0.05) is 27.7 Å². The van der Waals surface area contributed by atoms with Gasteiger partial charge in [-0.3, -0.25) is 0 Å². The minimum Gasteiger partial charge on any atom is -0.396 e. The fourth-order valence-electron chi connectivity index (χ4n) is 1.47. The largest absolute Gasteiger partial charge is 0.396 e. The van der Waals surface area contributed by atoms with E-state index in [1.807, 2.05) is 0 Å². The van der Waals surface area contributed by atoms with Gasteiger partial charge in [-0.1, -0.05) is 22.0 Å². The van der Waals surface area contributed by atoms with Gasteiger partial charge in [-0.05, 0) is 30.5 Å². The molecular weight excluding hydrogens is 286 g/mol. The molecule has 2 nitrogen and oxygen atoms in total. The molecule has 0 aliphatic heterocycles. The molecule has 1 saturated carbocycles. The number of halogens is 1. The van der Waals surface area contributed by atoms with Crippen LogP contribution in [0, 0.1) is 0 Å². The van der Waals surface area contributed by atoms with E-state index in [1.54, 1.807) is 11.8 Å². The second-order valence-electron chi connectivity index (χ2n) is 3.98. The van der Waals surface area contributed by atoms with Crippen molar-refractivity contribution in [3.05, 3.63) is 28.2 Å². The van der Waals surface area contributed by atoms with Gasteiger partial charge < -0.3 is 10.4 Å². The number of aliphatic hydroxyl groups is 1. The third kappa shape index (κ3) is 3.77. The van der Waals surface area contributed by atoms with Gasteiger partial charge in [0.2, 0.25) is 0 Å². The van der Waals surface area contributed by atoms with Crippen LogP contribution >= 0.6 is 27.7 Å². The fourth-order valence-corrected chi connectivity index (χ4v) is 2.83. The Morgan fingerprint density at radius 2 is 2.25 bits per heavy atom. The van der Waals surface area contributed by atoms with E-state index in [1.165, 1.54) is 23.3 Å². The first kappa shape index (κ1) is 12.4. The van der Waals surface area contributed by atoms with E-state index in [0.29, 0.717) is 0 Å². The molecule has 1 aliphatic carbocycles. The summed E-state index contributed by atoms with van der Waals surface area (Å²) in [5.41, 5.74) is 1.31. The van der Waals surface area contributed by atoms with Crippen LogP contribution in [0.25, 0.3) is 0 Å². The number of aliphatic hydroxyl groups excluding tert-OH is 1. The lowest BCUT2D eigenvalue weighted by molar-refractivity contribution is 0.322. The molecule has 2 rings (SSSR count). The molecule has 0 unspecified atom stereocenters. The zero-order chi connectivity index (χ0) is 11.4. The summed E-state index contributed by atoms with van der Waals surface area (Å²) >= 11 is 5.27. The molecule has 0 heterocycles. The van der Waals surface area contributed by atoms with Crippen LogP contribution in [0.2, 0.25) is 0 Å². The zero-order valence-corrected chi connectivity index (χ0v) is 11.5. The van der Waals surface area contributed by atoms with Gasteiger partial charge in [0.1, 0.15) is 0 Å². The molecule has 0 spiro atoms. The van der Waals surface area contributed by atoms with E-state index in [2.05, 4.69) is 39.4 Å². The van der Waals surface area contributed by atoms with Crippen LogP contribution in [0.4, 0.5) is 0 Å². The third-order valence-corrected chi connectivity index (χ3v) is 4.26. The molecule has 1 fully saturated rings. The number of thioether (sulfide) groups is 1. The molecule has 88 valence electrons. The Bertz CT molecular complexity index is 355. The van der Waals surface area contributed by atoms with Gasteiger partial charge in [0.05, 0.1) is 6.61 Å². The minimum atomic E-state index is 0.229. The molecule has 0 aromatic heterocycles. The van der Waals surface area contributed by atoms with Gasteiger partial charge >= 0.3 is 0 Å². The minimum absolute atomic E-state index is 0.229. The van der Waals surface area contributed by atoms with Gasteiger partial charge in [-0.25, -0.2) is 0 Å². The highest BCUT2D eigenvalue weighted by molar-refractivity contribution is 9.10. The van der Waals surface area contributed by atoms with E-state index in [4.69, 9.17) is 5.11 Å². The smallest absolute Gasteiger partial charge is 0.0525 e. The van der Waals surface area contributed by atoms with E-state index in [9.17, 15) is 0 Å². The highest BCUT2D eigenvalue weighted by Gasteiger charge is 2.20. The lowest BCUT2D eigenvalue weighted by Crippen LogP contribution is -2.15. The Morgan fingerprint density at radius 3 is 2.88 bits per heavy atom. The summed E-state index contributed by atoms with van der Waals surface area (Å²) < 4.78 is 1.16. The van der Waals surface area contributed by atoms with Crippen molar-refractivity contribution in [2.75, 3.05) is 12.4 Å². The molecule has 0 bridgehead atoms. The normalized spacial score (nSPS) is 15.4. The average molecular weight is 302 g/mol. The van der Waals surface area contributed by atoms with Crippen LogP contribution < -0.4 is 5.32 Å². The molecule has 0 atom stereocenters. The van der Waals surface area contributed by atoms with Crippen molar-refractivity contribution < 1.29 is 5.11 Å². The van der Waals surface area contributed by atoms with Crippen molar-refractivity contribution in [1.82, 2.24) is 5.32 Å². The number of hydrogen-bond acceptors (Lipinski definition) is 3. The molecule has 1 aromatic carbocycles. The molecule has 0 amide bonds. The Morgan fingerprint density at radius 1 is 1.44 bits per heavy atom. The summed E-state index contributed by atoms with van der Waals surface area (Å²) in [6, 6.07) is 7.15. The van der Waals surface area contributed by atoms with Gasteiger partial charge in [-0.15, -0.1) is 11.8 Å². The first-order valence-electron chi connectivity index (χ1n) is 5.55. The highest BCUT2D eigenvalue weighted by Crippen LogP contribution is 2.26. The van der Waals surface area contributed by atoms with Crippen molar-refractivity contribution in [2.45, 2.75) is 30.3 Å². The summed E-state index contributed by atoms with van der Waals surface area (Å²) in [7, 11) is 0. The number of hydrogen-bond donors (Lipinski definition) is 2. The van der Waals surface area contributed by atoms with Gasteiger partial charge in [0.15, 0.2) is 0 Å². The van der Waals surface area contributed by atoms with Crippen LogP contribution in [0.3, 0.4) is 0 Å². The number of rotatable bonds is 6. The standard InChI is InChI=1S/C12H16BrNOS/c13-12-7-11(16-6-5-15)4-1-9(12)8-14-10-2-3-10/h1,4,7,10,14-15H,2-3,5-6,8H2. The van der Waals surface area contributed by atoms with Crippen molar-refractivity contribution in [1.29, 1.82) is 0 Å². The first-order chi connectivity index (χ1) is 7.79. The van der Waals surface area contributed by atoms with E-state index in [0.717, 1.165) is 22.8 Å². The van der Waals surface area contributed by atoms with Crippen LogP contribution in [-0.2, 0) is 6.54 Å². The summed E-state index contributed by atoms with van der Waals surface area (Å²) in [6.07, 6.45) is 2.64. The van der Waals surface area contributed by atoms with Crippen molar-refractivity contribution in [3.8, 4) is 0 Å².